The van der Waals surface area contributed by atoms with Crippen molar-refractivity contribution >= 4 is 37.3 Å². The molecule has 70 heavy (non-hydrogen) atoms. The first-order valence-corrected chi connectivity index (χ1v) is 24.2. The summed E-state index contributed by atoms with van der Waals surface area (Å²) >= 11 is 0. The van der Waals surface area contributed by atoms with Crippen LogP contribution in [0.3, 0.4) is 0 Å². The molecule has 0 radical (unpaired) electrons. The van der Waals surface area contributed by atoms with Crippen molar-refractivity contribution in [2.75, 3.05) is 46.3 Å². The maximum Gasteiger partial charge on any atom is 0.471 e. The summed E-state index contributed by atoms with van der Waals surface area (Å²) in [4.78, 5) is 39.3. The molecule has 1 unspecified atom stereocenters. The van der Waals surface area contributed by atoms with E-state index in [-0.39, 0.29) is 56.4 Å². The van der Waals surface area contributed by atoms with E-state index in [2.05, 4.69) is 24.9 Å². The molecule has 3 heterocycles. The Balaban J connectivity index is 1.24. The van der Waals surface area contributed by atoms with Crippen LogP contribution in [0, 0.1) is 0 Å². The monoisotopic (exact) mass is 985 g/mol. The molecule has 1 fully saturated rings. The number of nitrogens with zero attached hydrogens (tertiary/aromatic N) is 6. The van der Waals surface area contributed by atoms with Crippen molar-refractivity contribution in [1.82, 2.24) is 29.1 Å². The molecule has 1 N–H and O–H groups in total. The van der Waals surface area contributed by atoms with E-state index in [4.69, 9.17) is 28.0 Å². The van der Waals surface area contributed by atoms with Crippen molar-refractivity contribution in [2.45, 2.75) is 89.3 Å². The van der Waals surface area contributed by atoms with Crippen LogP contribution in [-0.2, 0) is 28.9 Å². The van der Waals surface area contributed by atoms with Crippen LogP contribution in [0.2, 0.25) is 0 Å². The summed E-state index contributed by atoms with van der Waals surface area (Å²) in [6, 6.07) is 34.0. The van der Waals surface area contributed by atoms with E-state index in [0.29, 0.717) is 39.5 Å². The number of fused-ring (bicyclic) bond motifs is 1. The first-order chi connectivity index (χ1) is 33.6. The summed E-state index contributed by atoms with van der Waals surface area (Å²) in [5.74, 6) is -0.682. The number of alkyl halides is 3. The van der Waals surface area contributed by atoms with Gasteiger partial charge in [-0.25, -0.2) is 19.6 Å². The van der Waals surface area contributed by atoms with Gasteiger partial charge in [-0.15, -0.1) is 0 Å². The number of methoxy groups -OCH3 is 2. The van der Waals surface area contributed by atoms with Crippen LogP contribution in [0.25, 0.3) is 11.2 Å². The molecule has 2 aromatic heterocycles. The molecular weight excluding hydrogens is 927 g/mol. The third-order valence-electron chi connectivity index (χ3n) is 11.9. The molecule has 1 saturated heterocycles. The third kappa shape index (κ3) is 11.9. The first kappa shape index (κ1) is 51.8. The van der Waals surface area contributed by atoms with Gasteiger partial charge in [0.25, 0.3) is 14.4 Å². The number of benzene rings is 4. The second-order valence-electron chi connectivity index (χ2n) is 17.3. The highest BCUT2D eigenvalue weighted by Gasteiger charge is 2.46. The number of carbonyl (C=O) groups is 2. The summed E-state index contributed by atoms with van der Waals surface area (Å²) in [6.45, 7) is 8.22. The van der Waals surface area contributed by atoms with Crippen LogP contribution < -0.4 is 14.8 Å². The molecule has 1 aliphatic heterocycles. The largest absolute Gasteiger partial charge is 0.497 e. The van der Waals surface area contributed by atoms with Crippen molar-refractivity contribution in [1.29, 1.82) is 0 Å². The van der Waals surface area contributed by atoms with Gasteiger partial charge in [0.2, 0.25) is 0 Å². The number of ether oxygens (including phenoxy) is 4. The van der Waals surface area contributed by atoms with Crippen molar-refractivity contribution in [2.24, 2.45) is 0 Å². The minimum Gasteiger partial charge on any atom is -0.497 e. The minimum absolute atomic E-state index is 0.000214. The fourth-order valence-electron chi connectivity index (χ4n) is 8.49. The van der Waals surface area contributed by atoms with E-state index >= 15 is 0 Å². The van der Waals surface area contributed by atoms with Crippen LogP contribution in [-0.4, -0.2) is 112 Å². The summed E-state index contributed by atoms with van der Waals surface area (Å²) < 4.78 is 82.4. The van der Waals surface area contributed by atoms with Gasteiger partial charge in [-0.3, -0.25) is 14.2 Å². The van der Waals surface area contributed by atoms with E-state index in [1.165, 1.54) is 6.33 Å². The number of aromatic nitrogens is 4. The number of hydrogen-bond acceptors (Lipinski definition) is 12. The van der Waals surface area contributed by atoms with Gasteiger partial charge in [-0.05, 0) is 93.6 Å². The molecule has 1 aliphatic rings. The van der Waals surface area contributed by atoms with Crippen molar-refractivity contribution in [3.8, 4) is 11.5 Å². The molecule has 7 rings (SSSR count). The lowest BCUT2D eigenvalue weighted by Crippen LogP contribution is -2.39. The Morgan fingerprint density at radius 2 is 1.40 bits per heavy atom. The normalized spacial score (nSPS) is 16.8. The Morgan fingerprint density at radius 1 is 0.814 bits per heavy atom. The highest BCUT2D eigenvalue weighted by Crippen LogP contribution is 2.51. The number of nitrogens with one attached hydrogen (secondary N) is 1. The number of rotatable bonds is 22. The number of halogens is 3. The molecule has 4 atom stereocenters. The zero-order valence-electron chi connectivity index (χ0n) is 40.2. The van der Waals surface area contributed by atoms with Crippen molar-refractivity contribution < 1.29 is 50.8 Å². The van der Waals surface area contributed by atoms with Gasteiger partial charge >= 0.3 is 12.1 Å². The van der Waals surface area contributed by atoms with Crippen LogP contribution in [0.5, 0.6) is 11.5 Å². The average molecular weight is 986 g/mol. The lowest BCUT2D eigenvalue weighted by Gasteiger charge is -2.39. The Kier molecular flexibility index (Phi) is 17.2. The molecular formula is C51H59F3N7O8P. The van der Waals surface area contributed by atoms with Gasteiger partial charge in [0.05, 0.1) is 39.9 Å². The number of carbonyl (C=O) groups excluding carboxylic acids is 2. The molecule has 0 spiro atoms. The van der Waals surface area contributed by atoms with Gasteiger partial charge in [0.1, 0.15) is 35.8 Å². The van der Waals surface area contributed by atoms with Gasteiger partial charge in [-0.1, -0.05) is 72.8 Å². The molecule has 4 aromatic carbocycles. The van der Waals surface area contributed by atoms with E-state index in [1.807, 2.05) is 113 Å². The number of amides is 2. The fraction of sp³-hybridized carbons (Fsp3) is 0.392. The second-order valence-corrected chi connectivity index (χ2v) is 18.7. The maximum absolute atomic E-state index is 13.2. The molecule has 0 aliphatic carbocycles. The summed E-state index contributed by atoms with van der Waals surface area (Å²) in [5.41, 5.74) is 2.50. The molecule has 0 bridgehead atoms. The zero-order chi connectivity index (χ0) is 50.0. The van der Waals surface area contributed by atoms with E-state index in [9.17, 15) is 22.8 Å². The number of hydrogen-bond donors (Lipinski definition) is 1. The number of imidazole rings is 1. The van der Waals surface area contributed by atoms with Gasteiger partial charge in [-0.2, -0.15) is 13.2 Å². The van der Waals surface area contributed by atoms with Crippen molar-refractivity contribution in [3.63, 3.8) is 0 Å². The molecule has 15 nitrogen and oxygen atoms in total. The molecule has 0 saturated carbocycles. The molecule has 372 valence electrons. The van der Waals surface area contributed by atoms with Crippen LogP contribution >= 0.6 is 8.53 Å². The Hall–Kier alpha value is -6.01. The van der Waals surface area contributed by atoms with E-state index in [0.717, 1.165) is 23.7 Å². The zero-order valence-corrected chi connectivity index (χ0v) is 41.1. The number of anilines is 1. The van der Waals surface area contributed by atoms with Crippen LogP contribution in [0.1, 0.15) is 80.2 Å². The summed E-state index contributed by atoms with van der Waals surface area (Å²) in [7, 11) is 2.54. The quantitative estimate of drug-likeness (QED) is 0.0392. The average Bonchev–Trinajstić information content (AvgIpc) is 3.98. The maximum atomic E-state index is 13.2. The Bertz CT molecular complexity index is 2570. The summed E-state index contributed by atoms with van der Waals surface area (Å²) in [5, 5.41) is 2.87. The first-order valence-electron chi connectivity index (χ1n) is 23.0. The van der Waals surface area contributed by atoms with Gasteiger partial charge < -0.3 is 38.2 Å². The Morgan fingerprint density at radius 3 is 1.97 bits per heavy atom. The van der Waals surface area contributed by atoms with Crippen LogP contribution in [0.4, 0.5) is 19.0 Å². The highest BCUT2D eigenvalue weighted by molar-refractivity contribution is 7.44. The van der Waals surface area contributed by atoms with Gasteiger partial charge in [0, 0.05) is 37.7 Å². The van der Waals surface area contributed by atoms with E-state index < -0.39 is 44.6 Å². The lowest BCUT2D eigenvalue weighted by molar-refractivity contribution is -0.184. The standard InChI is InChI=1S/C51H59F3N7O8P/c1-34(2)61(35(3)4)70(67-29-15-14-28-59(5)49(63)51(52,53)54)69-42-30-44(60-33-57-45-46(55-32-56-47(45)60)58-48(62)36-16-10-8-11-17-36)68-43(42)31-66-50(37-18-12-9-13-19-37,38-20-24-40(64-6)25-21-38)39-22-26-41(65-7)27-23-39/h8-13,16-27,32-35,42-44H,14-15,28-31H2,1-7H3,(H,55,56,58,62)/t42-,43+,44+,70?/m0/s1. The Labute approximate surface area is 407 Å². The van der Waals surface area contributed by atoms with Crippen LogP contribution in [0.15, 0.2) is 122 Å². The van der Waals surface area contributed by atoms with Crippen molar-refractivity contribution in [3.05, 3.63) is 144 Å². The van der Waals surface area contributed by atoms with Gasteiger partial charge in [0.15, 0.2) is 17.0 Å². The smallest absolute Gasteiger partial charge is 0.471 e. The predicted octanol–water partition coefficient (Wildman–Crippen LogP) is 9.94. The lowest BCUT2D eigenvalue weighted by atomic mass is 9.80. The predicted molar refractivity (Wildman–Crippen MR) is 259 cm³/mol. The SMILES string of the molecule is COc1ccc(C(OC[C@H]2O[C@@H](n3cnc4c(NC(=O)c5ccccc5)ncnc43)C[C@@H]2OP(OCCCCN(C)C(=O)C(F)(F)F)N(C(C)C)C(C)C)(c2ccccc2)c2ccc(OC)cc2)cc1. The molecule has 2 amide bonds. The highest BCUT2D eigenvalue weighted by atomic mass is 31.2. The second kappa shape index (κ2) is 23.3. The molecule has 19 heteroatoms. The van der Waals surface area contributed by atoms with E-state index in [1.54, 1.807) is 49.4 Å². The fourth-order valence-corrected chi connectivity index (χ4v) is 10.3. The minimum atomic E-state index is -4.95. The topological polar surface area (TPSA) is 152 Å². The third-order valence-corrected chi connectivity index (χ3v) is 14.1. The molecule has 6 aromatic rings. The summed E-state index contributed by atoms with van der Waals surface area (Å²) in [6.07, 6.45) is -3.17. The number of unbranched alkanes of at least 4 members (excludes halogenated alkanes) is 1.